The highest BCUT2D eigenvalue weighted by molar-refractivity contribution is 7.92. The quantitative estimate of drug-likeness (QED) is 0.776. The second-order valence-electron chi connectivity index (χ2n) is 4.37. The van der Waals surface area contributed by atoms with Crippen LogP contribution in [-0.4, -0.2) is 20.7 Å². The Morgan fingerprint density at radius 3 is 2.59 bits per heavy atom. The van der Waals surface area contributed by atoms with Crippen molar-refractivity contribution < 1.29 is 22.1 Å². The molecule has 3 rings (SSSR count). The summed E-state index contributed by atoms with van der Waals surface area (Å²) in [5.74, 6) is 0.591. The standard InChI is InChI=1S/C14H12N2O5S/c1-19-11-2-4-12(5-3-11)22(17,18)16-14-8-13(15-21-14)10-6-7-20-9-10/h2-9,16H,1H3. The van der Waals surface area contributed by atoms with Crippen LogP contribution in [-0.2, 0) is 10.0 Å². The van der Waals surface area contributed by atoms with Gasteiger partial charge >= 0.3 is 0 Å². The van der Waals surface area contributed by atoms with Crippen molar-refractivity contribution in [2.45, 2.75) is 4.90 Å². The average Bonchev–Trinajstić information content (AvgIpc) is 3.18. The summed E-state index contributed by atoms with van der Waals surface area (Å²) >= 11 is 0. The predicted molar refractivity (Wildman–Crippen MR) is 78.0 cm³/mol. The van der Waals surface area contributed by atoms with Gasteiger partial charge in [0.2, 0.25) is 5.88 Å². The smallest absolute Gasteiger partial charge is 0.264 e. The molecule has 0 unspecified atom stereocenters. The van der Waals surface area contributed by atoms with Gasteiger partial charge in [-0.15, -0.1) is 0 Å². The molecule has 0 aliphatic rings. The van der Waals surface area contributed by atoms with Gasteiger partial charge in [-0.1, -0.05) is 5.16 Å². The number of nitrogens with one attached hydrogen (secondary N) is 1. The topological polar surface area (TPSA) is 94.6 Å². The van der Waals surface area contributed by atoms with Crippen molar-refractivity contribution in [1.82, 2.24) is 5.16 Å². The minimum absolute atomic E-state index is 0.0204. The summed E-state index contributed by atoms with van der Waals surface area (Å²) < 4.78 is 41.7. The van der Waals surface area contributed by atoms with E-state index in [0.29, 0.717) is 17.0 Å². The Kier molecular flexibility index (Phi) is 3.60. The zero-order chi connectivity index (χ0) is 15.6. The highest BCUT2D eigenvalue weighted by atomic mass is 32.2. The summed E-state index contributed by atoms with van der Waals surface area (Å²) in [7, 11) is -2.25. The van der Waals surface area contributed by atoms with E-state index in [1.165, 1.54) is 37.8 Å². The van der Waals surface area contributed by atoms with Crippen LogP contribution in [0.1, 0.15) is 0 Å². The maximum atomic E-state index is 12.2. The molecule has 0 fully saturated rings. The van der Waals surface area contributed by atoms with E-state index in [4.69, 9.17) is 13.7 Å². The van der Waals surface area contributed by atoms with Gasteiger partial charge in [0.15, 0.2) is 0 Å². The van der Waals surface area contributed by atoms with Crippen LogP contribution < -0.4 is 9.46 Å². The number of anilines is 1. The van der Waals surface area contributed by atoms with E-state index in [1.807, 2.05) is 0 Å². The first kappa shape index (κ1) is 14.2. The lowest BCUT2D eigenvalue weighted by Crippen LogP contribution is -2.12. The van der Waals surface area contributed by atoms with Crippen LogP contribution in [0, 0.1) is 0 Å². The lowest BCUT2D eigenvalue weighted by atomic mass is 10.2. The number of sulfonamides is 1. The number of rotatable bonds is 5. The van der Waals surface area contributed by atoms with Gasteiger partial charge in [0.1, 0.15) is 11.4 Å². The molecule has 2 heterocycles. The molecule has 7 nitrogen and oxygen atoms in total. The van der Waals surface area contributed by atoms with Crippen molar-refractivity contribution in [3.8, 4) is 17.0 Å². The number of benzene rings is 1. The minimum Gasteiger partial charge on any atom is -0.497 e. The highest BCUT2D eigenvalue weighted by Crippen LogP contribution is 2.24. The van der Waals surface area contributed by atoms with E-state index in [1.54, 1.807) is 18.2 Å². The first-order chi connectivity index (χ1) is 10.6. The van der Waals surface area contributed by atoms with Crippen molar-refractivity contribution in [2.75, 3.05) is 11.8 Å². The second kappa shape index (κ2) is 5.57. The van der Waals surface area contributed by atoms with Crippen LogP contribution >= 0.6 is 0 Å². The number of hydrogen-bond acceptors (Lipinski definition) is 6. The number of methoxy groups -OCH3 is 1. The molecule has 8 heteroatoms. The van der Waals surface area contributed by atoms with E-state index in [2.05, 4.69) is 9.88 Å². The number of nitrogens with zero attached hydrogens (tertiary/aromatic N) is 1. The number of aromatic nitrogens is 1. The molecule has 22 heavy (non-hydrogen) atoms. The Labute approximate surface area is 126 Å². The van der Waals surface area contributed by atoms with Gasteiger partial charge in [-0.2, -0.15) is 0 Å². The molecule has 0 aliphatic heterocycles. The fraction of sp³-hybridized carbons (Fsp3) is 0.0714. The van der Waals surface area contributed by atoms with Crippen LogP contribution in [0.5, 0.6) is 5.75 Å². The highest BCUT2D eigenvalue weighted by Gasteiger charge is 2.17. The molecule has 3 aromatic rings. The van der Waals surface area contributed by atoms with Gasteiger partial charge < -0.3 is 13.7 Å². The molecular weight excluding hydrogens is 308 g/mol. The summed E-state index contributed by atoms with van der Waals surface area (Å²) in [6, 6.07) is 9.17. The predicted octanol–water partition coefficient (Wildman–Crippen LogP) is 2.74. The summed E-state index contributed by atoms with van der Waals surface area (Å²) in [4.78, 5) is 0.0922. The first-order valence-electron chi connectivity index (χ1n) is 6.25. The Hall–Kier alpha value is -2.74. The fourth-order valence-electron chi connectivity index (χ4n) is 1.82. The van der Waals surface area contributed by atoms with Crippen molar-refractivity contribution >= 4 is 15.9 Å². The van der Waals surface area contributed by atoms with Crippen LogP contribution in [0.2, 0.25) is 0 Å². The van der Waals surface area contributed by atoms with Crippen molar-refractivity contribution in [1.29, 1.82) is 0 Å². The van der Waals surface area contributed by atoms with Crippen LogP contribution in [0.25, 0.3) is 11.3 Å². The summed E-state index contributed by atoms with van der Waals surface area (Å²) in [6.45, 7) is 0. The van der Waals surface area contributed by atoms with E-state index >= 15 is 0 Å². The molecule has 1 N–H and O–H groups in total. The van der Waals surface area contributed by atoms with Gasteiger partial charge in [-0.05, 0) is 30.3 Å². The Morgan fingerprint density at radius 2 is 1.95 bits per heavy atom. The third kappa shape index (κ3) is 2.82. The molecule has 0 spiro atoms. The molecule has 0 atom stereocenters. The summed E-state index contributed by atoms with van der Waals surface area (Å²) in [5, 5.41) is 3.78. The first-order valence-corrected chi connectivity index (χ1v) is 7.73. The van der Waals surface area contributed by atoms with Crippen LogP contribution in [0.15, 0.2) is 62.8 Å². The SMILES string of the molecule is COc1ccc(S(=O)(=O)Nc2cc(-c3ccoc3)no2)cc1. The Bertz CT molecular complexity index is 851. The van der Waals surface area contributed by atoms with Crippen LogP contribution in [0.4, 0.5) is 5.88 Å². The fourth-order valence-corrected chi connectivity index (χ4v) is 2.79. The molecule has 0 amide bonds. The maximum absolute atomic E-state index is 12.2. The Morgan fingerprint density at radius 1 is 1.18 bits per heavy atom. The van der Waals surface area contributed by atoms with Crippen molar-refractivity contribution in [2.24, 2.45) is 0 Å². The van der Waals surface area contributed by atoms with Gasteiger partial charge in [-0.25, -0.2) is 13.1 Å². The maximum Gasteiger partial charge on any atom is 0.264 e. The van der Waals surface area contributed by atoms with E-state index in [0.717, 1.165) is 0 Å². The largest absolute Gasteiger partial charge is 0.497 e. The Balaban J connectivity index is 1.82. The summed E-state index contributed by atoms with van der Waals surface area (Å²) in [5.41, 5.74) is 1.17. The molecule has 0 saturated carbocycles. The van der Waals surface area contributed by atoms with Crippen LogP contribution in [0.3, 0.4) is 0 Å². The van der Waals surface area contributed by atoms with Gasteiger partial charge in [0.05, 0.1) is 24.5 Å². The number of furan rings is 1. The number of ether oxygens (including phenoxy) is 1. The molecule has 0 bridgehead atoms. The monoisotopic (exact) mass is 320 g/mol. The molecule has 0 aliphatic carbocycles. The zero-order valence-electron chi connectivity index (χ0n) is 11.5. The minimum atomic E-state index is -3.76. The van der Waals surface area contributed by atoms with E-state index in [-0.39, 0.29) is 10.8 Å². The van der Waals surface area contributed by atoms with E-state index < -0.39 is 10.0 Å². The lowest BCUT2D eigenvalue weighted by molar-refractivity contribution is 0.414. The molecule has 114 valence electrons. The van der Waals surface area contributed by atoms with Crippen molar-refractivity contribution in [3.63, 3.8) is 0 Å². The normalized spacial score (nSPS) is 11.3. The zero-order valence-corrected chi connectivity index (χ0v) is 12.3. The third-order valence-corrected chi connectivity index (χ3v) is 4.29. The molecular formula is C14H12N2O5S. The molecule has 0 saturated heterocycles. The number of hydrogen-bond donors (Lipinski definition) is 1. The van der Waals surface area contributed by atoms with Gasteiger partial charge in [0, 0.05) is 11.6 Å². The van der Waals surface area contributed by atoms with Crippen molar-refractivity contribution in [3.05, 3.63) is 48.9 Å². The lowest BCUT2D eigenvalue weighted by Gasteiger charge is -2.05. The molecule has 1 aromatic carbocycles. The van der Waals surface area contributed by atoms with Gasteiger partial charge in [-0.3, -0.25) is 0 Å². The average molecular weight is 320 g/mol. The summed E-state index contributed by atoms with van der Waals surface area (Å²) in [6.07, 6.45) is 2.98. The molecule has 2 aromatic heterocycles. The molecule has 0 radical (unpaired) electrons. The van der Waals surface area contributed by atoms with Gasteiger partial charge in [0.25, 0.3) is 10.0 Å². The third-order valence-electron chi connectivity index (χ3n) is 2.93. The second-order valence-corrected chi connectivity index (χ2v) is 6.05. The van der Waals surface area contributed by atoms with E-state index in [9.17, 15) is 8.42 Å².